The van der Waals surface area contributed by atoms with Crippen LogP contribution in [0.25, 0.3) is 22.3 Å². The lowest BCUT2D eigenvalue weighted by Crippen LogP contribution is -2.05. The van der Waals surface area contributed by atoms with Crippen LogP contribution < -0.4 is 4.74 Å². The maximum Gasteiger partial charge on any atom is 0.342 e. The SMILES string of the molecule is CCOC(=O)c1c(-c2ccccc2)oc2ccc(OCC#N)cc12. The first kappa shape index (κ1) is 15.6. The molecular weight excluding hydrogens is 306 g/mol. The summed E-state index contributed by atoms with van der Waals surface area (Å²) in [5, 5.41) is 9.24. The number of ether oxygens (including phenoxy) is 2. The molecule has 0 atom stereocenters. The number of rotatable bonds is 5. The monoisotopic (exact) mass is 321 g/mol. The lowest BCUT2D eigenvalue weighted by atomic mass is 10.1. The van der Waals surface area contributed by atoms with Crippen LogP contribution in [0.1, 0.15) is 17.3 Å². The van der Waals surface area contributed by atoms with Gasteiger partial charge in [0.1, 0.15) is 28.7 Å². The fourth-order valence-corrected chi connectivity index (χ4v) is 2.48. The van der Waals surface area contributed by atoms with Crippen LogP contribution in [-0.2, 0) is 4.74 Å². The molecule has 0 fully saturated rings. The maximum atomic E-state index is 12.5. The van der Waals surface area contributed by atoms with Gasteiger partial charge >= 0.3 is 5.97 Å². The topological polar surface area (TPSA) is 72.5 Å². The van der Waals surface area contributed by atoms with Crippen LogP contribution >= 0.6 is 0 Å². The van der Waals surface area contributed by atoms with E-state index in [0.717, 1.165) is 5.56 Å². The van der Waals surface area contributed by atoms with Gasteiger partial charge in [-0.2, -0.15) is 5.26 Å². The van der Waals surface area contributed by atoms with Crippen molar-refractivity contribution >= 4 is 16.9 Å². The van der Waals surface area contributed by atoms with E-state index in [1.165, 1.54) is 0 Å². The van der Waals surface area contributed by atoms with E-state index in [4.69, 9.17) is 19.2 Å². The van der Waals surface area contributed by atoms with Crippen molar-refractivity contribution in [2.24, 2.45) is 0 Å². The average molecular weight is 321 g/mol. The van der Waals surface area contributed by atoms with Crippen molar-refractivity contribution in [3.63, 3.8) is 0 Å². The predicted octanol–water partition coefficient (Wildman–Crippen LogP) is 4.18. The van der Waals surface area contributed by atoms with Crippen molar-refractivity contribution in [3.8, 4) is 23.1 Å². The fraction of sp³-hybridized carbons (Fsp3) is 0.158. The molecule has 0 aliphatic heterocycles. The third-order valence-corrected chi connectivity index (χ3v) is 3.48. The second-order valence-electron chi connectivity index (χ2n) is 5.00. The third-order valence-electron chi connectivity index (χ3n) is 3.48. The average Bonchev–Trinajstić information content (AvgIpc) is 2.99. The van der Waals surface area contributed by atoms with Crippen LogP contribution in [0.4, 0.5) is 0 Å². The summed E-state index contributed by atoms with van der Waals surface area (Å²) in [7, 11) is 0. The van der Waals surface area contributed by atoms with Gasteiger partial charge in [-0.25, -0.2) is 4.79 Å². The van der Waals surface area contributed by atoms with Crippen molar-refractivity contribution < 1.29 is 18.7 Å². The first-order valence-corrected chi connectivity index (χ1v) is 7.53. The van der Waals surface area contributed by atoms with E-state index < -0.39 is 5.97 Å². The number of nitriles is 1. The summed E-state index contributed by atoms with van der Waals surface area (Å²) in [5.74, 6) is 0.504. The lowest BCUT2D eigenvalue weighted by molar-refractivity contribution is 0.0529. The minimum atomic E-state index is -0.451. The first-order valence-electron chi connectivity index (χ1n) is 7.53. The quantitative estimate of drug-likeness (QED) is 0.659. The van der Waals surface area contributed by atoms with E-state index in [1.807, 2.05) is 36.4 Å². The summed E-state index contributed by atoms with van der Waals surface area (Å²) in [5.41, 5.74) is 1.71. The highest BCUT2D eigenvalue weighted by Crippen LogP contribution is 2.36. The molecule has 1 aromatic heterocycles. The number of esters is 1. The summed E-state index contributed by atoms with van der Waals surface area (Å²) in [6.07, 6.45) is 0. The van der Waals surface area contributed by atoms with Gasteiger partial charge in [0.05, 0.1) is 6.61 Å². The lowest BCUT2D eigenvalue weighted by Gasteiger charge is -2.04. The van der Waals surface area contributed by atoms with Gasteiger partial charge in [0.2, 0.25) is 0 Å². The highest BCUT2D eigenvalue weighted by atomic mass is 16.5. The molecule has 0 unspecified atom stereocenters. The highest BCUT2D eigenvalue weighted by Gasteiger charge is 2.23. The van der Waals surface area contributed by atoms with Gasteiger partial charge in [0.15, 0.2) is 6.61 Å². The van der Waals surface area contributed by atoms with E-state index in [-0.39, 0.29) is 13.2 Å². The Balaban J connectivity index is 2.18. The molecule has 0 aliphatic carbocycles. The Morgan fingerprint density at radius 3 is 2.71 bits per heavy atom. The van der Waals surface area contributed by atoms with Gasteiger partial charge in [-0.15, -0.1) is 0 Å². The number of fused-ring (bicyclic) bond motifs is 1. The van der Waals surface area contributed by atoms with E-state index in [9.17, 15) is 4.79 Å². The second-order valence-corrected chi connectivity index (χ2v) is 5.00. The number of nitrogens with zero attached hydrogens (tertiary/aromatic N) is 1. The molecule has 120 valence electrons. The molecule has 5 nitrogen and oxygen atoms in total. The van der Waals surface area contributed by atoms with Crippen molar-refractivity contribution in [1.29, 1.82) is 5.26 Å². The number of carbonyl (C=O) groups excluding carboxylic acids is 1. The minimum absolute atomic E-state index is 0.0658. The number of furan rings is 1. The van der Waals surface area contributed by atoms with Crippen molar-refractivity contribution in [3.05, 3.63) is 54.1 Å². The molecule has 24 heavy (non-hydrogen) atoms. The van der Waals surface area contributed by atoms with E-state index in [1.54, 1.807) is 25.1 Å². The standard InChI is InChI=1S/C19H15NO4/c1-2-22-19(21)17-15-12-14(23-11-10-20)8-9-16(15)24-18(17)13-6-4-3-5-7-13/h3-9,12H,2,11H2,1H3. The molecular formula is C19H15NO4. The maximum absolute atomic E-state index is 12.5. The molecule has 0 aliphatic rings. The van der Waals surface area contributed by atoms with Crippen LogP contribution in [0.3, 0.4) is 0 Å². The molecule has 0 saturated heterocycles. The predicted molar refractivity (Wildman–Crippen MR) is 88.7 cm³/mol. The molecule has 3 rings (SSSR count). The Labute approximate surface area is 139 Å². The summed E-state index contributed by atoms with van der Waals surface area (Å²) in [6, 6.07) is 16.4. The zero-order chi connectivity index (χ0) is 16.9. The fourth-order valence-electron chi connectivity index (χ4n) is 2.48. The number of hydrogen-bond donors (Lipinski definition) is 0. The number of carbonyl (C=O) groups is 1. The van der Waals surface area contributed by atoms with Crippen molar-refractivity contribution in [2.45, 2.75) is 6.92 Å². The summed E-state index contributed by atoms with van der Waals surface area (Å²) >= 11 is 0. The molecule has 3 aromatic rings. The van der Waals surface area contributed by atoms with E-state index in [0.29, 0.717) is 28.0 Å². The number of benzene rings is 2. The Morgan fingerprint density at radius 1 is 1.21 bits per heavy atom. The molecule has 1 heterocycles. The van der Waals surface area contributed by atoms with Crippen LogP contribution in [-0.4, -0.2) is 19.2 Å². The molecule has 0 bridgehead atoms. The van der Waals surface area contributed by atoms with E-state index in [2.05, 4.69) is 0 Å². The third kappa shape index (κ3) is 2.95. The zero-order valence-corrected chi connectivity index (χ0v) is 13.1. The zero-order valence-electron chi connectivity index (χ0n) is 13.1. The molecule has 2 aromatic carbocycles. The van der Waals surface area contributed by atoms with Crippen LogP contribution in [0.15, 0.2) is 52.9 Å². The van der Waals surface area contributed by atoms with Gasteiger partial charge < -0.3 is 13.9 Å². The molecule has 0 amide bonds. The Hall–Kier alpha value is -3.26. The van der Waals surface area contributed by atoms with Gasteiger partial charge in [-0.05, 0) is 25.1 Å². The Kier molecular flexibility index (Phi) is 4.48. The van der Waals surface area contributed by atoms with Gasteiger partial charge in [0, 0.05) is 10.9 Å². The van der Waals surface area contributed by atoms with Gasteiger partial charge in [-0.3, -0.25) is 0 Å². The molecule has 0 radical (unpaired) electrons. The smallest absolute Gasteiger partial charge is 0.342 e. The van der Waals surface area contributed by atoms with Crippen molar-refractivity contribution in [1.82, 2.24) is 0 Å². The highest BCUT2D eigenvalue weighted by molar-refractivity contribution is 6.09. The van der Waals surface area contributed by atoms with E-state index >= 15 is 0 Å². The van der Waals surface area contributed by atoms with Crippen LogP contribution in [0, 0.1) is 11.3 Å². The largest absolute Gasteiger partial charge is 0.479 e. The number of hydrogen-bond acceptors (Lipinski definition) is 5. The molecule has 0 N–H and O–H groups in total. The second kappa shape index (κ2) is 6.88. The Bertz CT molecular complexity index is 906. The summed E-state index contributed by atoms with van der Waals surface area (Å²) in [6.45, 7) is 1.96. The normalized spacial score (nSPS) is 10.3. The summed E-state index contributed by atoms with van der Waals surface area (Å²) < 4.78 is 16.4. The summed E-state index contributed by atoms with van der Waals surface area (Å²) in [4.78, 5) is 12.5. The molecule has 0 spiro atoms. The van der Waals surface area contributed by atoms with Gasteiger partial charge in [0.25, 0.3) is 0 Å². The van der Waals surface area contributed by atoms with Crippen LogP contribution in [0.2, 0.25) is 0 Å². The Morgan fingerprint density at radius 2 is 2.00 bits per heavy atom. The minimum Gasteiger partial charge on any atom is -0.479 e. The molecule has 5 heteroatoms. The molecule has 0 saturated carbocycles. The van der Waals surface area contributed by atoms with Crippen LogP contribution in [0.5, 0.6) is 5.75 Å². The van der Waals surface area contributed by atoms with Crippen molar-refractivity contribution in [2.75, 3.05) is 13.2 Å². The first-order chi connectivity index (χ1) is 11.7. The van der Waals surface area contributed by atoms with Gasteiger partial charge in [-0.1, -0.05) is 30.3 Å².